The average molecular weight is 341 g/mol. The molecule has 0 saturated heterocycles. The third-order valence-electron chi connectivity index (χ3n) is 4.23. The molecule has 1 atom stereocenters. The summed E-state index contributed by atoms with van der Waals surface area (Å²) in [7, 11) is 0. The van der Waals surface area contributed by atoms with Crippen molar-refractivity contribution >= 4 is 17.4 Å². The van der Waals surface area contributed by atoms with E-state index in [0.29, 0.717) is 6.04 Å². The molecule has 0 spiro atoms. The quantitative estimate of drug-likeness (QED) is 0.767. The molecular weight excluding hydrogens is 314 g/mol. The Bertz CT molecular complexity index is 725. The Balaban J connectivity index is 1.57. The molecule has 1 aliphatic carbocycles. The van der Waals surface area contributed by atoms with E-state index in [-0.39, 0.29) is 17.6 Å². The van der Waals surface area contributed by atoms with Gasteiger partial charge in [0, 0.05) is 24.0 Å². The first-order valence-corrected chi connectivity index (χ1v) is 8.80. The second-order valence-electron chi connectivity index (χ2n) is 7.71. The van der Waals surface area contributed by atoms with Crippen LogP contribution in [0.3, 0.4) is 0 Å². The van der Waals surface area contributed by atoms with E-state index >= 15 is 0 Å². The van der Waals surface area contributed by atoms with Crippen LogP contribution in [0.4, 0.5) is 16.2 Å². The Morgan fingerprint density at radius 3 is 2.44 bits per heavy atom. The maximum atomic E-state index is 11.8. The van der Waals surface area contributed by atoms with E-state index in [2.05, 4.69) is 48.7 Å². The maximum Gasteiger partial charge on any atom is 0.319 e. The molecule has 25 heavy (non-hydrogen) atoms. The lowest BCUT2D eigenvalue weighted by atomic mass is 10.1. The molecule has 1 aromatic carbocycles. The summed E-state index contributed by atoms with van der Waals surface area (Å²) < 4.78 is 1.95. The topological polar surface area (TPSA) is 71.0 Å². The van der Waals surface area contributed by atoms with Gasteiger partial charge in [0.05, 0.1) is 17.4 Å². The first-order chi connectivity index (χ1) is 11.8. The van der Waals surface area contributed by atoms with Gasteiger partial charge in [0.15, 0.2) is 0 Å². The fourth-order valence-electron chi connectivity index (χ4n) is 2.53. The maximum absolute atomic E-state index is 11.8. The molecule has 1 unspecified atom stereocenters. The number of carbonyl (C=O) groups excluding carboxylic acids is 1. The summed E-state index contributed by atoms with van der Waals surface area (Å²) >= 11 is 0. The number of amides is 2. The van der Waals surface area contributed by atoms with E-state index in [0.717, 1.165) is 29.8 Å². The summed E-state index contributed by atoms with van der Waals surface area (Å²) in [5.41, 5.74) is 2.91. The Labute approximate surface area is 149 Å². The number of carbonyl (C=O) groups is 1. The number of hydrogen-bond donors (Lipinski definition) is 3. The predicted molar refractivity (Wildman–Crippen MR) is 101 cm³/mol. The van der Waals surface area contributed by atoms with Crippen LogP contribution in [0.1, 0.15) is 52.1 Å². The Morgan fingerprint density at radius 2 is 1.88 bits per heavy atom. The zero-order valence-electron chi connectivity index (χ0n) is 15.3. The van der Waals surface area contributed by atoms with Crippen LogP contribution in [0.15, 0.2) is 36.7 Å². The number of hydrogen-bond acceptors (Lipinski definition) is 3. The van der Waals surface area contributed by atoms with Crippen LogP contribution >= 0.6 is 0 Å². The van der Waals surface area contributed by atoms with Gasteiger partial charge < -0.3 is 16.0 Å². The Morgan fingerprint density at radius 1 is 1.20 bits per heavy atom. The van der Waals surface area contributed by atoms with Gasteiger partial charge >= 0.3 is 6.03 Å². The van der Waals surface area contributed by atoms with Crippen molar-refractivity contribution in [3.63, 3.8) is 0 Å². The molecule has 6 nitrogen and oxygen atoms in total. The molecule has 1 aliphatic rings. The fourth-order valence-corrected chi connectivity index (χ4v) is 2.53. The lowest BCUT2D eigenvalue weighted by Crippen LogP contribution is -2.30. The van der Waals surface area contributed by atoms with Crippen LogP contribution in [-0.2, 0) is 5.54 Å². The SMILES string of the molecule is CC(Nc1cnn(C(C)(C)C)c1)c1ccc(NC(=O)NC2CC2)cc1. The van der Waals surface area contributed by atoms with E-state index in [9.17, 15) is 4.79 Å². The van der Waals surface area contributed by atoms with E-state index in [4.69, 9.17) is 0 Å². The highest BCUT2D eigenvalue weighted by Crippen LogP contribution is 2.23. The van der Waals surface area contributed by atoms with Crippen LogP contribution in [-0.4, -0.2) is 21.9 Å². The first-order valence-electron chi connectivity index (χ1n) is 8.80. The highest BCUT2D eigenvalue weighted by atomic mass is 16.2. The number of aromatic nitrogens is 2. The van der Waals surface area contributed by atoms with Crippen molar-refractivity contribution in [3.8, 4) is 0 Å². The first kappa shape index (κ1) is 17.3. The zero-order chi connectivity index (χ0) is 18.0. The molecular formula is C19H27N5O. The van der Waals surface area contributed by atoms with Gasteiger partial charge in [-0.2, -0.15) is 5.10 Å². The molecule has 0 aliphatic heterocycles. The Hall–Kier alpha value is -2.50. The van der Waals surface area contributed by atoms with E-state index < -0.39 is 0 Å². The largest absolute Gasteiger partial charge is 0.376 e. The molecule has 1 fully saturated rings. The van der Waals surface area contributed by atoms with Crippen molar-refractivity contribution in [2.24, 2.45) is 0 Å². The van der Waals surface area contributed by atoms with Crippen molar-refractivity contribution in [2.75, 3.05) is 10.6 Å². The highest BCUT2D eigenvalue weighted by Gasteiger charge is 2.23. The van der Waals surface area contributed by atoms with Crippen molar-refractivity contribution in [1.82, 2.24) is 15.1 Å². The van der Waals surface area contributed by atoms with Crippen LogP contribution in [0.25, 0.3) is 0 Å². The molecule has 2 aromatic rings. The third-order valence-corrected chi connectivity index (χ3v) is 4.23. The molecule has 1 heterocycles. The van der Waals surface area contributed by atoms with Crippen LogP contribution in [0, 0.1) is 0 Å². The van der Waals surface area contributed by atoms with E-state index in [1.807, 2.05) is 41.3 Å². The standard InChI is InChI=1S/C19H27N5O/c1-13(21-17-11-20-24(12-17)19(2,3)4)14-5-7-15(8-6-14)22-18(25)23-16-9-10-16/h5-8,11-13,16,21H,9-10H2,1-4H3,(H2,22,23,25). The van der Waals surface area contributed by atoms with Gasteiger partial charge in [-0.15, -0.1) is 0 Å². The second-order valence-corrected chi connectivity index (χ2v) is 7.71. The second kappa shape index (κ2) is 6.78. The fraction of sp³-hybridized carbons (Fsp3) is 0.474. The number of nitrogens with zero attached hydrogens (tertiary/aromatic N) is 2. The van der Waals surface area contributed by atoms with Gasteiger partial charge in [-0.3, -0.25) is 4.68 Å². The molecule has 3 N–H and O–H groups in total. The van der Waals surface area contributed by atoms with Crippen LogP contribution in [0.5, 0.6) is 0 Å². The molecule has 2 amide bonds. The smallest absolute Gasteiger partial charge is 0.319 e. The number of rotatable bonds is 5. The lowest BCUT2D eigenvalue weighted by Gasteiger charge is -2.19. The van der Waals surface area contributed by atoms with Gasteiger partial charge in [0.25, 0.3) is 0 Å². The van der Waals surface area contributed by atoms with E-state index in [1.54, 1.807) is 0 Å². The van der Waals surface area contributed by atoms with Crippen molar-refractivity contribution in [3.05, 3.63) is 42.2 Å². The third kappa shape index (κ3) is 4.75. The zero-order valence-corrected chi connectivity index (χ0v) is 15.3. The summed E-state index contributed by atoms with van der Waals surface area (Å²) in [5, 5.41) is 13.7. The van der Waals surface area contributed by atoms with Gasteiger partial charge in [-0.25, -0.2) is 4.79 Å². The van der Waals surface area contributed by atoms with Crippen molar-refractivity contribution in [1.29, 1.82) is 0 Å². The summed E-state index contributed by atoms with van der Waals surface area (Å²) in [6, 6.07) is 8.29. The normalized spacial score (nSPS) is 15.5. The molecule has 1 aromatic heterocycles. The number of urea groups is 1. The number of nitrogens with one attached hydrogen (secondary N) is 3. The minimum absolute atomic E-state index is 0.0302. The molecule has 3 rings (SSSR count). The minimum atomic E-state index is -0.129. The minimum Gasteiger partial charge on any atom is -0.376 e. The molecule has 6 heteroatoms. The summed E-state index contributed by atoms with van der Waals surface area (Å²) in [4.78, 5) is 11.8. The summed E-state index contributed by atoms with van der Waals surface area (Å²) in [5.74, 6) is 0. The van der Waals surface area contributed by atoms with Gasteiger partial charge in [0.2, 0.25) is 0 Å². The number of benzene rings is 1. The molecule has 1 saturated carbocycles. The van der Waals surface area contributed by atoms with Crippen molar-refractivity contribution < 1.29 is 4.79 Å². The predicted octanol–water partition coefficient (Wildman–Crippen LogP) is 4.10. The number of anilines is 2. The van der Waals surface area contributed by atoms with Gasteiger partial charge in [-0.1, -0.05) is 12.1 Å². The Kier molecular flexibility index (Phi) is 4.70. The van der Waals surface area contributed by atoms with Gasteiger partial charge in [-0.05, 0) is 58.2 Å². The lowest BCUT2D eigenvalue weighted by molar-refractivity contribution is 0.251. The van der Waals surface area contributed by atoms with Crippen molar-refractivity contribution in [2.45, 2.75) is 58.2 Å². The molecule has 0 radical (unpaired) electrons. The highest BCUT2D eigenvalue weighted by molar-refractivity contribution is 5.89. The molecule has 0 bridgehead atoms. The summed E-state index contributed by atoms with van der Waals surface area (Å²) in [6.45, 7) is 8.48. The van der Waals surface area contributed by atoms with E-state index in [1.165, 1.54) is 0 Å². The van der Waals surface area contributed by atoms with Crippen LogP contribution in [0.2, 0.25) is 0 Å². The van der Waals surface area contributed by atoms with Gasteiger partial charge in [0.1, 0.15) is 0 Å². The average Bonchev–Trinajstić information content (AvgIpc) is 3.21. The summed E-state index contributed by atoms with van der Waals surface area (Å²) in [6.07, 6.45) is 6.04. The van der Waals surface area contributed by atoms with Crippen LogP contribution < -0.4 is 16.0 Å². The molecule has 134 valence electrons. The monoisotopic (exact) mass is 341 g/mol.